The molecule has 15 heavy (non-hydrogen) atoms. The maximum Gasteiger partial charge on any atom is 0.0627 e. The number of piperidine rings is 1. The number of oxime groups is 1. The first-order valence-corrected chi connectivity index (χ1v) is 6.10. The molecule has 0 amide bonds. The second-order valence-corrected chi connectivity index (χ2v) is 4.93. The molecule has 0 aromatic carbocycles. The smallest absolute Gasteiger partial charge is 0.0627 e. The van der Waals surface area contributed by atoms with Gasteiger partial charge < -0.3 is 10.1 Å². The van der Waals surface area contributed by atoms with Crippen LogP contribution in [0.2, 0.25) is 0 Å². The Balaban J connectivity index is 2.39. The van der Waals surface area contributed by atoms with Crippen molar-refractivity contribution in [2.75, 3.05) is 19.6 Å². The van der Waals surface area contributed by atoms with Crippen molar-refractivity contribution in [3.63, 3.8) is 0 Å². The SMILES string of the molecule is CCC1CN(CCC(C)C)CCC1=NO. The Kier molecular flexibility index (Phi) is 5.09. The fourth-order valence-electron chi connectivity index (χ4n) is 2.13. The summed E-state index contributed by atoms with van der Waals surface area (Å²) in [6.45, 7) is 10.0. The second kappa shape index (κ2) is 6.11. The molecule has 1 saturated heterocycles. The lowest BCUT2D eigenvalue weighted by Crippen LogP contribution is -2.41. The zero-order valence-electron chi connectivity index (χ0n) is 10.2. The van der Waals surface area contributed by atoms with E-state index in [1.54, 1.807) is 0 Å². The molecule has 0 aromatic heterocycles. The number of rotatable bonds is 4. The number of hydrogen-bond acceptors (Lipinski definition) is 3. The Morgan fingerprint density at radius 2 is 2.27 bits per heavy atom. The van der Waals surface area contributed by atoms with E-state index in [0.717, 1.165) is 37.6 Å². The van der Waals surface area contributed by atoms with Crippen LogP contribution in [0.25, 0.3) is 0 Å². The lowest BCUT2D eigenvalue weighted by Gasteiger charge is -2.33. The summed E-state index contributed by atoms with van der Waals surface area (Å²) in [5, 5.41) is 12.3. The van der Waals surface area contributed by atoms with Crippen LogP contribution < -0.4 is 0 Å². The first-order valence-electron chi connectivity index (χ1n) is 6.10. The third-order valence-electron chi connectivity index (χ3n) is 3.28. The number of likely N-dealkylation sites (tertiary alicyclic amines) is 1. The summed E-state index contributed by atoms with van der Waals surface area (Å²) in [5.41, 5.74) is 0.998. The van der Waals surface area contributed by atoms with E-state index < -0.39 is 0 Å². The van der Waals surface area contributed by atoms with Crippen LogP contribution in [-0.4, -0.2) is 35.5 Å². The van der Waals surface area contributed by atoms with Gasteiger partial charge in [0.25, 0.3) is 0 Å². The van der Waals surface area contributed by atoms with Crippen molar-refractivity contribution in [3.8, 4) is 0 Å². The highest BCUT2D eigenvalue weighted by molar-refractivity contribution is 5.87. The average Bonchev–Trinajstić information content (AvgIpc) is 2.25. The van der Waals surface area contributed by atoms with Crippen molar-refractivity contribution in [1.82, 2.24) is 4.90 Å². The molecule has 1 fully saturated rings. The predicted octanol–water partition coefficient (Wildman–Crippen LogP) is 2.59. The van der Waals surface area contributed by atoms with Gasteiger partial charge in [0, 0.05) is 25.4 Å². The Bertz CT molecular complexity index is 214. The van der Waals surface area contributed by atoms with Crippen molar-refractivity contribution >= 4 is 5.71 Å². The fraction of sp³-hybridized carbons (Fsp3) is 0.917. The van der Waals surface area contributed by atoms with Crippen LogP contribution in [0.3, 0.4) is 0 Å². The lowest BCUT2D eigenvalue weighted by atomic mass is 9.93. The van der Waals surface area contributed by atoms with E-state index in [-0.39, 0.29) is 0 Å². The largest absolute Gasteiger partial charge is 0.411 e. The molecule has 0 aromatic rings. The van der Waals surface area contributed by atoms with E-state index in [4.69, 9.17) is 5.21 Å². The molecule has 88 valence electrons. The maximum absolute atomic E-state index is 8.87. The first-order chi connectivity index (χ1) is 7.17. The van der Waals surface area contributed by atoms with Crippen molar-refractivity contribution in [3.05, 3.63) is 0 Å². The summed E-state index contributed by atoms with van der Waals surface area (Å²) in [6, 6.07) is 0. The predicted molar refractivity (Wildman–Crippen MR) is 63.5 cm³/mol. The van der Waals surface area contributed by atoms with Gasteiger partial charge in [0.2, 0.25) is 0 Å². The van der Waals surface area contributed by atoms with Crippen LogP contribution >= 0.6 is 0 Å². The molecule has 1 N–H and O–H groups in total. The van der Waals surface area contributed by atoms with E-state index in [9.17, 15) is 0 Å². The van der Waals surface area contributed by atoms with E-state index in [2.05, 4.69) is 30.8 Å². The van der Waals surface area contributed by atoms with Gasteiger partial charge in [-0.15, -0.1) is 0 Å². The third kappa shape index (κ3) is 3.82. The highest BCUT2D eigenvalue weighted by atomic mass is 16.4. The molecule has 1 aliphatic heterocycles. The molecule has 3 heteroatoms. The second-order valence-electron chi connectivity index (χ2n) is 4.93. The van der Waals surface area contributed by atoms with Crippen LogP contribution in [0, 0.1) is 11.8 Å². The summed E-state index contributed by atoms with van der Waals surface area (Å²) in [4.78, 5) is 2.50. The van der Waals surface area contributed by atoms with Crippen molar-refractivity contribution in [2.24, 2.45) is 17.0 Å². The molecule has 1 rings (SSSR count). The highest BCUT2D eigenvalue weighted by Gasteiger charge is 2.24. The summed E-state index contributed by atoms with van der Waals surface area (Å²) in [5.74, 6) is 1.24. The average molecular weight is 212 g/mol. The highest BCUT2D eigenvalue weighted by Crippen LogP contribution is 2.18. The van der Waals surface area contributed by atoms with E-state index in [1.165, 1.54) is 13.0 Å². The van der Waals surface area contributed by atoms with Crippen LogP contribution in [-0.2, 0) is 0 Å². The molecule has 1 heterocycles. The molecular weight excluding hydrogens is 188 g/mol. The monoisotopic (exact) mass is 212 g/mol. The van der Waals surface area contributed by atoms with Gasteiger partial charge in [-0.25, -0.2) is 0 Å². The summed E-state index contributed by atoms with van der Waals surface area (Å²) in [6.07, 6.45) is 3.28. The summed E-state index contributed by atoms with van der Waals surface area (Å²) < 4.78 is 0. The molecule has 0 radical (unpaired) electrons. The Morgan fingerprint density at radius 1 is 1.53 bits per heavy atom. The Morgan fingerprint density at radius 3 is 2.80 bits per heavy atom. The molecule has 1 unspecified atom stereocenters. The lowest BCUT2D eigenvalue weighted by molar-refractivity contribution is 0.217. The number of nitrogens with zero attached hydrogens (tertiary/aromatic N) is 2. The molecule has 0 spiro atoms. The van der Waals surface area contributed by atoms with Crippen LogP contribution in [0.15, 0.2) is 5.16 Å². The minimum Gasteiger partial charge on any atom is -0.411 e. The normalized spacial score (nSPS) is 26.4. The number of hydrogen-bond donors (Lipinski definition) is 1. The van der Waals surface area contributed by atoms with Crippen molar-refractivity contribution in [1.29, 1.82) is 0 Å². The van der Waals surface area contributed by atoms with Gasteiger partial charge in [0.05, 0.1) is 5.71 Å². The van der Waals surface area contributed by atoms with Gasteiger partial charge >= 0.3 is 0 Å². The third-order valence-corrected chi connectivity index (χ3v) is 3.28. The Hall–Kier alpha value is -0.570. The first kappa shape index (κ1) is 12.5. The fourth-order valence-corrected chi connectivity index (χ4v) is 2.13. The van der Waals surface area contributed by atoms with Crippen LogP contribution in [0.1, 0.15) is 40.0 Å². The van der Waals surface area contributed by atoms with E-state index in [0.29, 0.717) is 5.92 Å². The van der Waals surface area contributed by atoms with Gasteiger partial charge in [-0.05, 0) is 25.3 Å². The van der Waals surface area contributed by atoms with Gasteiger partial charge in [-0.1, -0.05) is 25.9 Å². The molecule has 1 atom stereocenters. The van der Waals surface area contributed by atoms with E-state index in [1.807, 2.05) is 0 Å². The quantitative estimate of drug-likeness (QED) is 0.574. The maximum atomic E-state index is 8.87. The van der Waals surface area contributed by atoms with E-state index >= 15 is 0 Å². The minimum absolute atomic E-state index is 0.468. The molecule has 0 aliphatic carbocycles. The standard InChI is InChI=1S/C12H24N2O/c1-4-11-9-14(7-5-10(2)3)8-6-12(11)13-15/h10-11,15H,4-9H2,1-3H3. The molecule has 0 saturated carbocycles. The van der Waals surface area contributed by atoms with Crippen molar-refractivity contribution < 1.29 is 5.21 Å². The van der Waals surface area contributed by atoms with Crippen LogP contribution in [0.4, 0.5) is 0 Å². The molecule has 1 aliphatic rings. The minimum atomic E-state index is 0.468. The molecule has 0 bridgehead atoms. The van der Waals surface area contributed by atoms with Crippen LogP contribution in [0.5, 0.6) is 0 Å². The van der Waals surface area contributed by atoms with Gasteiger partial charge in [-0.3, -0.25) is 0 Å². The van der Waals surface area contributed by atoms with Gasteiger partial charge in [-0.2, -0.15) is 0 Å². The topological polar surface area (TPSA) is 35.8 Å². The zero-order chi connectivity index (χ0) is 11.3. The zero-order valence-corrected chi connectivity index (χ0v) is 10.2. The van der Waals surface area contributed by atoms with Gasteiger partial charge in [0.1, 0.15) is 0 Å². The Labute approximate surface area is 93.2 Å². The molecular formula is C12H24N2O. The molecule has 3 nitrogen and oxygen atoms in total. The summed E-state index contributed by atoms with van der Waals surface area (Å²) in [7, 11) is 0. The van der Waals surface area contributed by atoms with Crippen molar-refractivity contribution in [2.45, 2.75) is 40.0 Å². The van der Waals surface area contributed by atoms with Gasteiger partial charge in [0.15, 0.2) is 0 Å². The summed E-state index contributed by atoms with van der Waals surface area (Å²) >= 11 is 0.